The molecule has 0 radical (unpaired) electrons. The summed E-state index contributed by atoms with van der Waals surface area (Å²) in [7, 11) is 0. The molecule has 2 amide bonds. The third-order valence-electron chi connectivity index (χ3n) is 5.26. The van der Waals surface area contributed by atoms with Crippen LogP contribution >= 0.6 is 0 Å². The van der Waals surface area contributed by atoms with Crippen LogP contribution in [0.25, 0.3) is 0 Å². The number of halogens is 1. The van der Waals surface area contributed by atoms with E-state index in [1.165, 1.54) is 36.5 Å². The second kappa shape index (κ2) is 7.16. The molecule has 0 atom stereocenters. The van der Waals surface area contributed by atoms with Crippen LogP contribution in [0.2, 0.25) is 0 Å². The summed E-state index contributed by atoms with van der Waals surface area (Å²) >= 11 is 0. The average Bonchev–Trinajstić information content (AvgIpc) is 2.68. The van der Waals surface area contributed by atoms with Gasteiger partial charge in [-0.25, -0.2) is 19.0 Å². The number of hydrogen-bond donors (Lipinski definition) is 2. The predicted octanol–water partition coefficient (Wildman–Crippen LogP) is 2.95. The summed E-state index contributed by atoms with van der Waals surface area (Å²) in [5.74, 6) is -1.29. The van der Waals surface area contributed by atoms with Gasteiger partial charge < -0.3 is 14.7 Å². The van der Waals surface area contributed by atoms with E-state index in [1.807, 2.05) is 0 Å². The van der Waals surface area contributed by atoms with Crippen molar-refractivity contribution in [2.75, 3.05) is 18.4 Å². The maximum Gasteiger partial charge on any atom is 0.335 e. The summed E-state index contributed by atoms with van der Waals surface area (Å²) < 4.78 is 19.5. The number of urea groups is 1. The summed E-state index contributed by atoms with van der Waals surface area (Å²) in [6.07, 6.45) is 2.33. The first kappa shape index (κ1) is 18.9. The Morgan fingerprint density at radius 2 is 1.97 bits per heavy atom. The lowest BCUT2D eigenvalue weighted by molar-refractivity contribution is 0.000162. The SMILES string of the molecule is O=C(O)c1ccnc(NC(=O)N2CCC3(CC2)CC(=O)c2ccc(F)cc2O3)c1. The first-order chi connectivity index (χ1) is 13.8. The van der Waals surface area contributed by atoms with E-state index < -0.39 is 23.4 Å². The highest BCUT2D eigenvalue weighted by atomic mass is 19.1. The molecular formula is C20H18FN3O5. The van der Waals surface area contributed by atoms with Gasteiger partial charge in [-0.05, 0) is 24.3 Å². The minimum Gasteiger partial charge on any atom is -0.486 e. The Morgan fingerprint density at radius 3 is 2.69 bits per heavy atom. The number of ether oxygens (including phenoxy) is 1. The molecule has 1 fully saturated rings. The number of fused-ring (bicyclic) bond motifs is 1. The quantitative estimate of drug-likeness (QED) is 0.804. The van der Waals surface area contributed by atoms with E-state index in [0.717, 1.165) is 0 Å². The Labute approximate surface area is 165 Å². The van der Waals surface area contributed by atoms with Gasteiger partial charge in [-0.2, -0.15) is 0 Å². The van der Waals surface area contributed by atoms with Crippen molar-refractivity contribution in [1.29, 1.82) is 0 Å². The van der Waals surface area contributed by atoms with E-state index in [1.54, 1.807) is 4.90 Å². The fourth-order valence-electron chi connectivity index (χ4n) is 3.68. The minimum absolute atomic E-state index is 0.0212. The van der Waals surface area contributed by atoms with Gasteiger partial charge in [0.1, 0.15) is 23.0 Å². The summed E-state index contributed by atoms with van der Waals surface area (Å²) in [6, 6.07) is 6.08. The van der Waals surface area contributed by atoms with Gasteiger partial charge in [-0.1, -0.05) is 0 Å². The van der Waals surface area contributed by atoms with Gasteiger partial charge >= 0.3 is 12.0 Å². The number of carbonyl (C=O) groups excluding carboxylic acids is 2. The average molecular weight is 399 g/mol. The zero-order valence-electron chi connectivity index (χ0n) is 15.4. The number of pyridine rings is 1. The number of carboxylic acids is 1. The zero-order valence-corrected chi connectivity index (χ0v) is 15.4. The maximum atomic E-state index is 13.5. The highest BCUT2D eigenvalue weighted by Gasteiger charge is 2.43. The Bertz CT molecular complexity index is 1000. The molecule has 9 heteroatoms. The molecule has 0 unspecified atom stereocenters. The Balaban J connectivity index is 1.42. The molecule has 1 aromatic carbocycles. The first-order valence-electron chi connectivity index (χ1n) is 9.12. The number of carbonyl (C=O) groups is 3. The summed E-state index contributed by atoms with van der Waals surface area (Å²) in [5, 5.41) is 11.6. The lowest BCUT2D eigenvalue weighted by Crippen LogP contribution is -2.53. The van der Waals surface area contributed by atoms with E-state index in [4.69, 9.17) is 9.84 Å². The Kier molecular flexibility index (Phi) is 4.65. The Morgan fingerprint density at radius 1 is 1.21 bits per heavy atom. The van der Waals surface area contributed by atoms with Crippen LogP contribution in [0.15, 0.2) is 36.5 Å². The monoisotopic (exact) mass is 399 g/mol. The molecule has 150 valence electrons. The number of carboxylic acid groups (broad SMARTS) is 1. The zero-order chi connectivity index (χ0) is 20.6. The number of piperidine rings is 1. The molecule has 0 saturated carbocycles. The topological polar surface area (TPSA) is 109 Å². The number of anilines is 1. The van der Waals surface area contributed by atoms with Crippen LogP contribution in [-0.4, -0.2) is 51.5 Å². The lowest BCUT2D eigenvalue weighted by atomic mass is 9.82. The number of Topliss-reactive ketones (excluding diaryl/α,β-unsaturated/α-hetero) is 1. The number of ketones is 1. The molecule has 8 nitrogen and oxygen atoms in total. The van der Waals surface area contributed by atoms with Crippen LogP contribution in [0, 0.1) is 5.82 Å². The summed E-state index contributed by atoms with van der Waals surface area (Å²) in [4.78, 5) is 41.5. The van der Waals surface area contributed by atoms with E-state index in [0.29, 0.717) is 31.5 Å². The van der Waals surface area contributed by atoms with Crippen LogP contribution in [-0.2, 0) is 0 Å². The van der Waals surface area contributed by atoms with Gasteiger partial charge in [0.25, 0.3) is 0 Å². The number of amides is 2. The third kappa shape index (κ3) is 3.75. The Hall–Kier alpha value is -3.49. The largest absolute Gasteiger partial charge is 0.486 e. The molecule has 3 heterocycles. The second-order valence-corrected chi connectivity index (χ2v) is 7.18. The highest BCUT2D eigenvalue weighted by molar-refractivity contribution is 6.00. The normalized spacial score (nSPS) is 17.4. The maximum absolute atomic E-state index is 13.5. The lowest BCUT2D eigenvalue weighted by Gasteiger charge is -2.43. The summed E-state index contributed by atoms with van der Waals surface area (Å²) in [5.41, 5.74) is -0.356. The van der Waals surface area contributed by atoms with Crippen molar-refractivity contribution in [2.24, 2.45) is 0 Å². The molecule has 4 rings (SSSR count). The number of nitrogens with zero attached hydrogens (tertiary/aromatic N) is 2. The van der Waals surface area contributed by atoms with Gasteiger partial charge in [-0.15, -0.1) is 0 Å². The van der Waals surface area contributed by atoms with Gasteiger partial charge in [-0.3, -0.25) is 10.1 Å². The van der Waals surface area contributed by atoms with E-state index in [9.17, 15) is 18.8 Å². The van der Waals surface area contributed by atoms with Crippen molar-refractivity contribution >= 4 is 23.6 Å². The van der Waals surface area contributed by atoms with Crippen molar-refractivity contribution < 1.29 is 28.6 Å². The van der Waals surface area contributed by atoms with Crippen molar-refractivity contribution in [1.82, 2.24) is 9.88 Å². The van der Waals surface area contributed by atoms with Gasteiger partial charge in [0.2, 0.25) is 0 Å². The number of hydrogen-bond acceptors (Lipinski definition) is 5. The first-order valence-corrected chi connectivity index (χ1v) is 9.12. The second-order valence-electron chi connectivity index (χ2n) is 7.18. The molecule has 1 saturated heterocycles. The number of benzene rings is 1. The number of likely N-dealkylation sites (tertiary alicyclic amines) is 1. The van der Waals surface area contributed by atoms with Crippen molar-refractivity contribution in [3.63, 3.8) is 0 Å². The van der Waals surface area contributed by atoms with Crippen LogP contribution in [0.5, 0.6) is 5.75 Å². The molecule has 2 aliphatic rings. The van der Waals surface area contributed by atoms with Crippen LogP contribution < -0.4 is 10.1 Å². The number of aromatic carboxylic acids is 1. The highest BCUT2D eigenvalue weighted by Crippen LogP contribution is 2.39. The molecule has 0 bridgehead atoms. The molecule has 0 aliphatic carbocycles. The van der Waals surface area contributed by atoms with Crippen molar-refractivity contribution in [3.8, 4) is 5.75 Å². The standard InChI is InChI=1S/C20H18FN3O5/c21-13-1-2-14-15(25)11-20(29-16(14)10-13)4-7-24(8-5-20)19(28)23-17-9-12(18(26)27)3-6-22-17/h1-3,6,9-10H,4-5,7-8,11H2,(H,26,27)(H,22,23,28). The predicted molar refractivity (Wildman–Crippen MR) is 99.7 cm³/mol. The fraction of sp³-hybridized carbons (Fsp3) is 0.300. The molecule has 1 aromatic heterocycles. The van der Waals surface area contributed by atoms with Crippen LogP contribution in [0.1, 0.15) is 40.0 Å². The summed E-state index contributed by atoms with van der Waals surface area (Å²) in [6.45, 7) is 0.671. The number of nitrogens with one attached hydrogen (secondary N) is 1. The van der Waals surface area contributed by atoms with E-state index >= 15 is 0 Å². The molecule has 1 spiro atoms. The molecule has 2 N–H and O–H groups in total. The van der Waals surface area contributed by atoms with E-state index in [2.05, 4.69) is 10.3 Å². The van der Waals surface area contributed by atoms with Crippen LogP contribution in [0.3, 0.4) is 0 Å². The molecule has 29 heavy (non-hydrogen) atoms. The van der Waals surface area contributed by atoms with Crippen molar-refractivity contribution in [3.05, 3.63) is 53.5 Å². The molecule has 2 aromatic rings. The van der Waals surface area contributed by atoms with Crippen LogP contribution in [0.4, 0.5) is 15.0 Å². The molecule has 2 aliphatic heterocycles. The smallest absolute Gasteiger partial charge is 0.335 e. The van der Waals surface area contributed by atoms with Crippen molar-refractivity contribution in [2.45, 2.75) is 24.9 Å². The minimum atomic E-state index is -1.11. The number of aromatic nitrogens is 1. The molecular weight excluding hydrogens is 381 g/mol. The van der Waals surface area contributed by atoms with Gasteiger partial charge in [0.15, 0.2) is 5.78 Å². The van der Waals surface area contributed by atoms with E-state index in [-0.39, 0.29) is 29.3 Å². The number of rotatable bonds is 2. The third-order valence-corrected chi connectivity index (χ3v) is 5.26. The van der Waals surface area contributed by atoms with Gasteiger partial charge in [0, 0.05) is 38.2 Å². The van der Waals surface area contributed by atoms with Gasteiger partial charge in [0.05, 0.1) is 17.5 Å². The fourth-order valence-corrected chi connectivity index (χ4v) is 3.68.